The average molecular weight is 460 g/mol. The van der Waals surface area contributed by atoms with E-state index in [2.05, 4.69) is 10.3 Å². The summed E-state index contributed by atoms with van der Waals surface area (Å²) in [5, 5.41) is 3.63. The van der Waals surface area contributed by atoms with Gasteiger partial charge in [-0.1, -0.05) is 18.0 Å². The smallest absolute Gasteiger partial charge is 0.348 e. The Morgan fingerprint density at radius 1 is 1.23 bits per heavy atom. The first kappa shape index (κ1) is 21.5. The fourth-order valence-electron chi connectivity index (χ4n) is 3.74. The molecule has 1 fully saturated rings. The molecule has 0 atom stereocenters. The van der Waals surface area contributed by atoms with Crippen molar-refractivity contribution < 1.29 is 14.3 Å². The maximum Gasteiger partial charge on any atom is 0.348 e. The molecule has 0 unspecified atom stereocenters. The van der Waals surface area contributed by atoms with Crippen molar-refractivity contribution >= 4 is 50.7 Å². The van der Waals surface area contributed by atoms with Gasteiger partial charge in [0.15, 0.2) is 0 Å². The van der Waals surface area contributed by atoms with Crippen molar-refractivity contribution in [1.82, 2.24) is 9.55 Å². The van der Waals surface area contributed by atoms with Gasteiger partial charge in [-0.2, -0.15) is 0 Å². The second kappa shape index (κ2) is 9.20. The van der Waals surface area contributed by atoms with Crippen LogP contribution in [0.2, 0.25) is 5.02 Å². The van der Waals surface area contributed by atoms with Gasteiger partial charge >= 0.3 is 5.97 Å². The van der Waals surface area contributed by atoms with E-state index in [0.717, 1.165) is 37.0 Å². The first-order valence-corrected chi connectivity index (χ1v) is 11.4. The van der Waals surface area contributed by atoms with Crippen molar-refractivity contribution in [2.45, 2.75) is 51.7 Å². The van der Waals surface area contributed by atoms with Crippen LogP contribution in [0.4, 0.5) is 5.69 Å². The number of hydrogen-bond acceptors (Lipinski definition) is 6. The summed E-state index contributed by atoms with van der Waals surface area (Å²) in [5.41, 5.74) is 0.767. The minimum Gasteiger partial charge on any atom is -0.458 e. The highest BCUT2D eigenvalue weighted by Gasteiger charge is 2.24. The lowest BCUT2D eigenvalue weighted by molar-refractivity contribution is -0.116. The van der Waals surface area contributed by atoms with Crippen LogP contribution in [0.3, 0.4) is 0 Å². The summed E-state index contributed by atoms with van der Waals surface area (Å²) in [7, 11) is 0. The molecule has 31 heavy (non-hydrogen) atoms. The van der Waals surface area contributed by atoms with Crippen molar-refractivity contribution in [2.75, 3.05) is 5.32 Å². The third kappa shape index (κ3) is 4.80. The summed E-state index contributed by atoms with van der Waals surface area (Å²) in [6.07, 6.45) is 6.32. The molecule has 162 valence electrons. The first-order valence-electron chi connectivity index (χ1n) is 10.2. The fourth-order valence-corrected chi connectivity index (χ4v) is 4.89. The van der Waals surface area contributed by atoms with E-state index >= 15 is 0 Å². The maximum absolute atomic E-state index is 13.0. The molecule has 1 aliphatic carbocycles. The molecule has 7 nitrogen and oxygen atoms in total. The molecule has 9 heteroatoms. The molecule has 0 aliphatic heterocycles. The number of carbonyl (C=O) groups excluding carboxylic acids is 2. The highest BCUT2D eigenvalue weighted by Crippen LogP contribution is 2.29. The van der Waals surface area contributed by atoms with Gasteiger partial charge in [0.25, 0.3) is 5.56 Å². The van der Waals surface area contributed by atoms with Crippen molar-refractivity contribution in [2.24, 2.45) is 0 Å². The zero-order valence-electron chi connectivity index (χ0n) is 17.0. The van der Waals surface area contributed by atoms with Gasteiger partial charge in [0.1, 0.15) is 22.4 Å². The second-order valence-corrected chi connectivity index (χ2v) is 9.07. The number of anilines is 1. The normalized spacial score (nSPS) is 14.5. The molecule has 3 aromatic rings. The van der Waals surface area contributed by atoms with Crippen LogP contribution < -0.4 is 10.9 Å². The molecule has 1 aliphatic rings. The zero-order valence-corrected chi connectivity index (χ0v) is 18.6. The Labute approximate surface area is 188 Å². The largest absolute Gasteiger partial charge is 0.458 e. The van der Waals surface area contributed by atoms with Gasteiger partial charge in [0, 0.05) is 10.7 Å². The van der Waals surface area contributed by atoms with Gasteiger partial charge < -0.3 is 10.1 Å². The number of aromatic nitrogens is 2. The van der Waals surface area contributed by atoms with E-state index in [4.69, 9.17) is 16.3 Å². The fraction of sp³-hybridized carbons (Fsp3) is 0.364. The predicted octanol–water partition coefficient (Wildman–Crippen LogP) is 4.55. The van der Waals surface area contributed by atoms with E-state index in [0.29, 0.717) is 31.4 Å². The quantitative estimate of drug-likeness (QED) is 0.565. The summed E-state index contributed by atoms with van der Waals surface area (Å²) >= 11 is 7.00. The third-order valence-electron chi connectivity index (χ3n) is 5.37. The number of fused-ring (bicyclic) bond motifs is 1. The summed E-state index contributed by atoms with van der Waals surface area (Å²) < 4.78 is 6.90. The molecular weight excluding hydrogens is 438 g/mol. The van der Waals surface area contributed by atoms with Crippen molar-refractivity contribution in [3.63, 3.8) is 0 Å². The Morgan fingerprint density at radius 2 is 1.94 bits per heavy atom. The van der Waals surface area contributed by atoms with Crippen LogP contribution in [0.15, 0.2) is 35.4 Å². The minimum atomic E-state index is -0.404. The first-order chi connectivity index (χ1) is 14.9. The van der Waals surface area contributed by atoms with Crippen LogP contribution in [0.5, 0.6) is 0 Å². The van der Waals surface area contributed by atoms with E-state index in [1.54, 1.807) is 31.2 Å². The van der Waals surface area contributed by atoms with E-state index in [1.807, 2.05) is 0 Å². The molecule has 0 saturated heterocycles. The Balaban J connectivity index is 1.53. The monoisotopic (exact) mass is 459 g/mol. The Hall–Kier alpha value is -2.71. The number of nitrogens with one attached hydrogen (secondary N) is 1. The van der Waals surface area contributed by atoms with Gasteiger partial charge in [-0.3, -0.25) is 14.2 Å². The summed E-state index contributed by atoms with van der Waals surface area (Å²) in [6.45, 7) is 1.53. The average Bonchev–Trinajstić information content (AvgIpc) is 3.10. The Bertz CT molecular complexity index is 1180. The van der Waals surface area contributed by atoms with Crippen molar-refractivity contribution in [1.29, 1.82) is 0 Å². The lowest BCUT2D eigenvalue weighted by Gasteiger charge is -2.21. The van der Waals surface area contributed by atoms with Gasteiger partial charge in [-0.05, 0) is 62.4 Å². The molecule has 1 amide bonds. The minimum absolute atomic E-state index is 0.0629. The number of halogens is 1. The SMILES string of the molecule is Cc1c(C(=O)OC2CCCCC2)sc2ncn(CC(=O)Nc3ccc(Cl)cc3)c(=O)c12. The van der Waals surface area contributed by atoms with Crippen LogP contribution in [0.1, 0.15) is 47.3 Å². The van der Waals surface area contributed by atoms with Crippen LogP contribution in [-0.2, 0) is 16.1 Å². The molecule has 2 heterocycles. The van der Waals surface area contributed by atoms with Gasteiger partial charge in [0.2, 0.25) is 5.91 Å². The van der Waals surface area contributed by atoms with Gasteiger partial charge in [0.05, 0.1) is 11.7 Å². The molecule has 1 saturated carbocycles. The van der Waals surface area contributed by atoms with Gasteiger partial charge in [-0.25, -0.2) is 9.78 Å². The van der Waals surface area contributed by atoms with Crippen molar-refractivity contribution in [3.8, 4) is 0 Å². The van der Waals surface area contributed by atoms with Crippen LogP contribution >= 0.6 is 22.9 Å². The lowest BCUT2D eigenvalue weighted by atomic mass is 9.98. The zero-order chi connectivity index (χ0) is 22.0. The van der Waals surface area contributed by atoms with E-state index < -0.39 is 5.97 Å². The van der Waals surface area contributed by atoms with Crippen LogP contribution in [0, 0.1) is 6.92 Å². The number of rotatable bonds is 5. The summed E-state index contributed by atoms with van der Waals surface area (Å²) in [6, 6.07) is 6.69. The number of hydrogen-bond donors (Lipinski definition) is 1. The molecule has 2 aromatic heterocycles. The van der Waals surface area contributed by atoms with Crippen LogP contribution in [0.25, 0.3) is 10.2 Å². The standard InChI is InChI=1S/C22H22ClN3O4S/c1-13-18-20(31-19(13)22(29)30-16-5-3-2-4-6-16)24-12-26(21(18)28)11-17(27)25-15-9-7-14(23)8-10-15/h7-10,12,16H,2-6,11H2,1H3,(H,25,27). The molecule has 0 spiro atoms. The number of esters is 1. The second-order valence-electron chi connectivity index (χ2n) is 7.63. The van der Waals surface area contributed by atoms with E-state index in [1.165, 1.54) is 17.3 Å². The number of thiophene rings is 1. The topological polar surface area (TPSA) is 90.3 Å². The van der Waals surface area contributed by atoms with Gasteiger partial charge in [-0.15, -0.1) is 11.3 Å². The van der Waals surface area contributed by atoms with Crippen LogP contribution in [-0.4, -0.2) is 27.5 Å². The summed E-state index contributed by atoms with van der Waals surface area (Å²) in [4.78, 5) is 43.2. The molecule has 4 rings (SSSR count). The number of aryl methyl sites for hydroxylation is 1. The number of nitrogens with zero attached hydrogens (tertiary/aromatic N) is 2. The third-order valence-corrected chi connectivity index (χ3v) is 6.80. The Kier molecular flexibility index (Phi) is 6.38. The summed E-state index contributed by atoms with van der Waals surface area (Å²) in [5.74, 6) is -0.769. The number of ether oxygens (including phenoxy) is 1. The molecule has 0 bridgehead atoms. The Morgan fingerprint density at radius 3 is 2.65 bits per heavy atom. The lowest BCUT2D eigenvalue weighted by Crippen LogP contribution is -2.28. The molecule has 1 aromatic carbocycles. The molecule has 0 radical (unpaired) electrons. The van der Waals surface area contributed by atoms with Crippen molar-refractivity contribution in [3.05, 3.63) is 56.4 Å². The molecule has 1 N–H and O–H groups in total. The number of amides is 1. The van der Waals surface area contributed by atoms with E-state index in [-0.39, 0.29) is 24.1 Å². The highest BCUT2D eigenvalue weighted by atomic mass is 35.5. The number of benzene rings is 1. The number of carbonyl (C=O) groups is 2. The predicted molar refractivity (Wildman–Crippen MR) is 121 cm³/mol. The molecular formula is C22H22ClN3O4S. The maximum atomic E-state index is 13.0. The van der Waals surface area contributed by atoms with E-state index in [9.17, 15) is 14.4 Å². The highest BCUT2D eigenvalue weighted by molar-refractivity contribution is 7.20.